The van der Waals surface area contributed by atoms with Gasteiger partial charge >= 0.3 is 6.18 Å². The minimum atomic E-state index is -4.46. The van der Waals surface area contributed by atoms with E-state index in [9.17, 15) is 30.4 Å². The molecule has 0 radical (unpaired) electrons. The normalized spacial score (nSPS) is 19.8. The first-order valence-corrected chi connectivity index (χ1v) is 12.4. The van der Waals surface area contributed by atoms with Gasteiger partial charge in [0.05, 0.1) is 5.92 Å². The molecule has 0 aliphatic carbocycles. The molecule has 2 aromatic carbocycles. The molecule has 182 valence electrons. The fourth-order valence-electron chi connectivity index (χ4n) is 4.03. The van der Waals surface area contributed by atoms with Gasteiger partial charge in [-0.1, -0.05) is 30.3 Å². The Morgan fingerprint density at radius 3 is 2.50 bits per heavy atom. The maximum Gasteiger partial charge on any atom is 0.391 e. The lowest BCUT2D eigenvalue weighted by atomic mass is 9.86. The molecule has 6 nitrogen and oxygen atoms in total. The third-order valence-electron chi connectivity index (χ3n) is 5.71. The number of hydrogen-bond acceptors (Lipinski definition) is 6. The second kappa shape index (κ2) is 9.55. The van der Waals surface area contributed by atoms with Crippen LogP contribution in [-0.4, -0.2) is 35.4 Å². The highest BCUT2D eigenvalue weighted by Gasteiger charge is 2.44. The summed E-state index contributed by atoms with van der Waals surface area (Å²) in [4.78, 5) is 4.40. The first-order chi connectivity index (χ1) is 16.0. The monoisotopic (exact) mass is 518 g/mol. The molecule has 0 amide bonds. The van der Waals surface area contributed by atoms with Crippen molar-refractivity contribution in [3.05, 3.63) is 71.6 Å². The van der Waals surface area contributed by atoms with E-state index in [4.69, 9.17) is 0 Å². The number of likely N-dealkylation sites (tertiary alicyclic amines) is 1. The zero-order valence-corrected chi connectivity index (χ0v) is 19.1. The Bertz CT molecular complexity index is 1240. The predicted octanol–water partition coefficient (Wildman–Crippen LogP) is 5.13. The largest absolute Gasteiger partial charge is 0.391 e. The number of rotatable bonds is 6. The number of aromatic nitrogens is 2. The Morgan fingerprint density at radius 1 is 1.12 bits per heavy atom. The molecule has 1 aliphatic rings. The number of hydrogen-bond donors (Lipinski definition) is 1. The van der Waals surface area contributed by atoms with Crippen molar-refractivity contribution in [3.63, 3.8) is 0 Å². The molecule has 0 saturated carbocycles. The number of anilines is 1. The van der Waals surface area contributed by atoms with E-state index in [1.807, 2.05) is 4.72 Å². The Labute approximate surface area is 196 Å². The number of nitrogens with zero attached hydrogens (tertiary/aromatic N) is 3. The van der Waals surface area contributed by atoms with Crippen LogP contribution < -0.4 is 4.72 Å². The minimum Gasteiger partial charge on any atom is -0.292 e. The van der Waals surface area contributed by atoms with Crippen LogP contribution in [0.25, 0.3) is 0 Å². The number of sulfonamides is 1. The highest BCUT2D eigenvalue weighted by molar-refractivity contribution is 7.93. The second-order valence-corrected chi connectivity index (χ2v) is 10.3. The van der Waals surface area contributed by atoms with Crippen molar-refractivity contribution in [2.24, 2.45) is 5.92 Å². The quantitative estimate of drug-likeness (QED) is 0.458. The van der Waals surface area contributed by atoms with Crippen molar-refractivity contribution in [1.29, 1.82) is 0 Å². The summed E-state index contributed by atoms with van der Waals surface area (Å²) in [7, 11) is -4.46. The van der Waals surface area contributed by atoms with Gasteiger partial charge in [0.25, 0.3) is 10.0 Å². The Kier molecular flexibility index (Phi) is 6.87. The van der Waals surface area contributed by atoms with Crippen LogP contribution in [0.5, 0.6) is 0 Å². The SMILES string of the molecule is O=S(=O)(Nc1ncns1)c1cc(F)c(CN2CC[C@H](C(F)(F)F)C[C@@H]2c2ccccc2)cc1F. The van der Waals surface area contributed by atoms with Gasteiger partial charge in [-0.2, -0.15) is 17.5 Å². The van der Waals surface area contributed by atoms with Crippen LogP contribution in [0.2, 0.25) is 0 Å². The summed E-state index contributed by atoms with van der Waals surface area (Å²) in [5.41, 5.74) is 0.483. The lowest BCUT2D eigenvalue weighted by molar-refractivity contribution is -0.190. The molecular weight excluding hydrogens is 499 g/mol. The molecule has 0 spiro atoms. The van der Waals surface area contributed by atoms with Gasteiger partial charge in [-0.05, 0) is 37.1 Å². The van der Waals surface area contributed by atoms with E-state index in [1.165, 1.54) is 0 Å². The van der Waals surface area contributed by atoms with E-state index in [2.05, 4.69) is 9.36 Å². The third-order valence-corrected chi connectivity index (χ3v) is 7.77. The molecule has 1 saturated heterocycles. The Balaban J connectivity index is 1.60. The van der Waals surface area contributed by atoms with Crippen molar-refractivity contribution in [2.45, 2.75) is 36.5 Å². The molecule has 1 aliphatic heterocycles. The average molecular weight is 519 g/mol. The van der Waals surface area contributed by atoms with Crippen molar-refractivity contribution < 1.29 is 30.4 Å². The summed E-state index contributed by atoms with van der Waals surface area (Å²) in [6.45, 7) is -0.166. The van der Waals surface area contributed by atoms with Gasteiger partial charge < -0.3 is 0 Å². The molecule has 0 unspecified atom stereocenters. The van der Waals surface area contributed by atoms with Crippen LogP contribution in [0.4, 0.5) is 27.1 Å². The molecular formula is C21H19F5N4O2S2. The average Bonchev–Trinajstić information content (AvgIpc) is 3.28. The fourth-order valence-corrected chi connectivity index (χ4v) is 5.76. The standard InChI is InChI=1S/C21H19F5N4O2S2/c22-16-10-19(34(31,32)29-20-27-12-28-33-20)17(23)8-14(16)11-30-7-6-15(21(24,25)26)9-18(30)13-4-2-1-3-5-13/h1-5,8,10,12,15,18H,6-7,9,11H2,(H,27,28,29)/t15-,18+/m0/s1. The van der Waals surface area contributed by atoms with E-state index in [1.54, 1.807) is 35.2 Å². The Morgan fingerprint density at radius 2 is 1.85 bits per heavy atom. The van der Waals surface area contributed by atoms with E-state index in [0.29, 0.717) is 11.6 Å². The van der Waals surface area contributed by atoms with Gasteiger partial charge in [0.1, 0.15) is 22.9 Å². The number of halogens is 5. The molecule has 2 atom stereocenters. The van der Waals surface area contributed by atoms with Gasteiger partial charge in [0.2, 0.25) is 5.13 Å². The number of piperidine rings is 1. The Hall–Kier alpha value is -2.64. The molecule has 1 aromatic heterocycles. The van der Waals surface area contributed by atoms with Gasteiger partial charge in [-0.25, -0.2) is 22.2 Å². The molecule has 2 heterocycles. The van der Waals surface area contributed by atoms with E-state index >= 15 is 0 Å². The zero-order chi connectivity index (χ0) is 24.5. The molecule has 34 heavy (non-hydrogen) atoms. The van der Waals surface area contributed by atoms with Crippen molar-refractivity contribution in [2.75, 3.05) is 11.3 Å². The predicted molar refractivity (Wildman–Crippen MR) is 115 cm³/mol. The topological polar surface area (TPSA) is 75.2 Å². The second-order valence-electron chi connectivity index (χ2n) is 7.89. The smallest absolute Gasteiger partial charge is 0.292 e. The summed E-state index contributed by atoms with van der Waals surface area (Å²) < 4.78 is 100. The lowest BCUT2D eigenvalue weighted by Gasteiger charge is -2.40. The fraction of sp³-hybridized carbons (Fsp3) is 0.333. The van der Waals surface area contributed by atoms with Crippen molar-refractivity contribution in [3.8, 4) is 0 Å². The summed E-state index contributed by atoms with van der Waals surface area (Å²) in [5, 5.41) is -0.109. The first-order valence-electron chi connectivity index (χ1n) is 10.2. The van der Waals surface area contributed by atoms with Crippen LogP contribution in [-0.2, 0) is 16.6 Å². The maximum absolute atomic E-state index is 14.9. The van der Waals surface area contributed by atoms with Crippen LogP contribution >= 0.6 is 11.5 Å². The third kappa shape index (κ3) is 5.36. The van der Waals surface area contributed by atoms with E-state index in [0.717, 1.165) is 23.9 Å². The van der Waals surface area contributed by atoms with Crippen molar-refractivity contribution in [1.82, 2.24) is 14.3 Å². The van der Waals surface area contributed by atoms with E-state index < -0.39 is 44.7 Å². The summed E-state index contributed by atoms with van der Waals surface area (Å²) in [5.74, 6) is -3.67. The van der Waals surface area contributed by atoms with Crippen molar-refractivity contribution >= 4 is 26.7 Å². The van der Waals surface area contributed by atoms with E-state index in [-0.39, 0.29) is 36.6 Å². The van der Waals surface area contributed by atoms with Gasteiger partial charge in [0.15, 0.2) is 0 Å². The molecule has 4 rings (SSSR count). The highest BCUT2D eigenvalue weighted by atomic mass is 32.2. The lowest BCUT2D eigenvalue weighted by Crippen LogP contribution is -2.41. The summed E-state index contributed by atoms with van der Waals surface area (Å²) >= 11 is 0.727. The first kappa shape index (κ1) is 24.5. The van der Waals surface area contributed by atoms with Gasteiger partial charge in [-0.15, -0.1) is 0 Å². The van der Waals surface area contributed by atoms with Crippen LogP contribution in [0.3, 0.4) is 0 Å². The summed E-state index contributed by atoms with van der Waals surface area (Å²) in [6.07, 6.45) is -3.63. The summed E-state index contributed by atoms with van der Waals surface area (Å²) in [6, 6.07) is 9.21. The van der Waals surface area contributed by atoms with Crippen LogP contribution in [0, 0.1) is 17.6 Å². The molecule has 1 N–H and O–H groups in total. The van der Waals surface area contributed by atoms with Gasteiger partial charge in [-0.3, -0.25) is 9.62 Å². The molecule has 13 heteroatoms. The number of nitrogens with one attached hydrogen (secondary N) is 1. The molecule has 0 bridgehead atoms. The zero-order valence-electron chi connectivity index (χ0n) is 17.5. The molecule has 1 fully saturated rings. The molecule has 3 aromatic rings. The number of alkyl halides is 3. The van der Waals surface area contributed by atoms with Crippen LogP contribution in [0.15, 0.2) is 53.7 Å². The number of benzene rings is 2. The maximum atomic E-state index is 14.9. The van der Waals surface area contributed by atoms with Crippen LogP contribution in [0.1, 0.15) is 30.0 Å². The van der Waals surface area contributed by atoms with Gasteiger partial charge in [0, 0.05) is 29.7 Å². The minimum absolute atomic E-state index is 0.0173. The highest BCUT2D eigenvalue weighted by Crippen LogP contribution is 2.42.